The topological polar surface area (TPSA) is 129 Å². The second-order valence-corrected chi connectivity index (χ2v) is 10.4. The first kappa shape index (κ1) is 26.8. The lowest BCUT2D eigenvalue weighted by Gasteiger charge is -2.25. The van der Waals surface area contributed by atoms with Crippen LogP contribution < -0.4 is 20.7 Å². The van der Waals surface area contributed by atoms with Crippen molar-refractivity contribution in [2.45, 2.75) is 42.4 Å². The van der Waals surface area contributed by atoms with Crippen LogP contribution >= 0.6 is 11.8 Å². The molecule has 37 heavy (non-hydrogen) atoms. The average molecular weight is 529 g/mol. The van der Waals surface area contributed by atoms with Gasteiger partial charge in [-0.05, 0) is 36.6 Å². The molecule has 2 heterocycles. The molecule has 3 amide bonds. The van der Waals surface area contributed by atoms with Gasteiger partial charge < -0.3 is 35.4 Å². The van der Waals surface area contributed by atoms with Crippen LogP contribution in [0.4, 0.5) is 11.4 Å². The van der Waals surface area contributed by atoms with E-state index in [1.54, 1.807) is 17.8 Å². The first-order valence-corrected chi connectivity index (χ1v) is 13.0. The van der Waals surface area contributed by atoms with Gasteiger partial charge in [0.15, 0.2) is 12.9 Å². The monoisotopic (exact) mass is 528 g/mol. The Hall–Kier alpha value is -3.28. The number of carbonyl (C=O) groups excluding carboxylic acids is 3. The molecule has 4 rings (SSSR count). The second-order valence-electron chi connectivity index (χ2n) is 9.34. The van der Waals surface area contributed by atoms with E-state index in [1.165, 1.54) is 4.90 Å². The van der Waals surface area contributed by atoms with E-state index in [4.69, 9.17) is 9.47 Å². The maximum absolute atomic E-state index is 12.8. The number of hydrogen-bond donors (Lipinski definition) is 4. The van der Waals surface area contributed by atoms with Gasteiger partial charge in [-0.1, -0.05) is 37.7 Å². The molecule has 0 saturated carbocycles. The second kappa shape index (κ2) is 12.3. The molecule has 0 aliphatic carbocycles. The molecular formula is C26H32N4O6S. The van der Waals surface area contributed by atoms with Crippen LogP contribution in [0.25, 0.3) is 0 Å². The molecule has 0 radical (unpaired) electrons. The zero-order valence-electron chi connectivity index (χ0n) is 20.9. The van der Waals surface area contributed by atoms with E-state index >= 15 is 0 Å². The maximum Gasteiger partial charge on any atom is 0.258 e. The molecule has 1 fully saturated rings. The van der Waals surface area contributed by atoms with Gasteiger partial charge in [0.25, 0.3) is 5.91 Å². The fraction of sp³-hybridized carbons (Fsp3) is 0.423. The summed E-state index contributed by atoms with van der Waals surface area (Å²) in [4.78, 5) is 41.1. The summed E-state index contributed by atoms with van der Waals surface area (Å²) in [6, 6.07) is 13.1. The molecule has 2 aliphatic heterocycles. The Balaban J connectivity index is 1.24. The van der Waals surface area contributed by atoms with Crippen LogP contribution in [0.2, 0.25) is 0 Å². The molecule has 1 saturated heterocycles. The number of anilines is 2. The number of rotatable bonds is 10. The lowest BCUT2D eigenvalue weighted by molar-refractivity contribution is -0.138. The van der Waals surface area contributed by atoms with Crippen molar-refractivity contribution >= 4 is 40.9 Å². The summed E-state index contributed by atoms with van der Waals surface area (Å²) in [6.07, 6.45) is -0.536. The van der Waals surface area contributed by atoms with Gasteiger partial charge >= 0.3 is 0 Å². The van der Waals surface area contributed by atoms with Crippen LogP contribution in [-0.4, -0.2) is 72.9 Å². The summed E-state index contributed by atoms with van der Waals surface area (Å²) < 4.78 is 10.7. The number of fused-ring (bicyclic) bond motifs is 2. The molecule has 2 atom stereocenters. The summed E-state index contributed by atoms with van der Waals surface area (Å²) in [5.74, 6) is -0.559. The van der Waals surface area contributed by atoms with E-state index in [0.717, 1.165) is 21.2 Å². The molecule has 2 aliphatic rings. The summed E-state index contributed by atoms with van der Waals surface area (Å²) >= 11 is 1.66. The van der Waals surface area contributed by atoms with E-state index in [-0.39, 0.29) is 37.4 Å². The number of nitrogens with one attached hydrogen (secondary N) is 3. The van der Waals surface area contributed by atoms with Gasteiger partial charge in [-0.3, -0.25) is 14.4 Å². The van der Waals surface area contributed by atoms with Crippen molar-refractivity contribution in [2.24, 2.45) is 5.92 Å². The predicted octanol–water partition coefficient (Wildman–Crippen LogP) is 2.10. The number of hydrogen-bond acceptors (Lipinski definition) is 8. The van der Waals surface area contributed by atoms with E-state index in [2.05, 4.69) is 22.0 Å². The van der Waals surface area contributed by atoms with Crippen LogP contribution in [0.3, 0.4) is 0 Å². The van der Waals surface area contributed by atoms with Crippen molar-refractivity contribution in [3.8, 4) is 5.75 Å². The van der Waals surface area contributed by atoms with Crippen LogP contribution in [0.15, 0.2) is 52.3 Å². The minimum absolute atomic E-state index is 0.124. The number of para-hydroxylation sites is 1. The Kier molecular flexibility index (Phi) is 8.91. The highest BCUT2D eigenvalue weighted by atomic mass is 32.2. The van der Waals surface area contributed by atoms with Gasteiger partial charge in [-0.15, -0.1) is 0 Å². The van der Waals surface area contributed by atoms with E-state index < -0.39 is 18.2 Å². The Labute approximate surface area is 220 Å². The molecule has 198 valence electrons. The van der Waals surface area contributed by atoms with Gasteiger partial charge in [0, 0.05) is 22.4 Å². The van der Waals surface area contributed by atoms with Crippen LogP contribution in [0.5, 0.6) is 5.75 Å². The Morgan fingerprint density at radius 2 is 1.95 bits per heavy atom. The summed E-state index contributed by atoms with van der Waals surface area (Å²) in [5, 5.41) is 18.4. The fourth-order valence-corrected chi connectivity index (χ4v) is 5.00. The highest BCUT2D eigenvalue weighted by Gasteiger charge is 2.28. The number of aliphatic hydroxyl groups excluding tert-OH is 1. The standard InChI is InChI=1S/C26H32N4O6S/c1-16(2)13-30(14-23(31)29-19-9-10-35-26(19)34)25(33)12-27-24(32)15-36-17-7-8-22-20(11-17)28-18-5-3-4-6-21(18)37-22/h3-8,11,16,19,26,28,34H,9-10,12-15H2,1-2H3,(H,27,32)(H,29,31)/t19-,26?/m0/s1. The van der Waals surface area contributed by atoms with Crippen molar-refractivity contribution in [1.82, 2.24) is 15.5 Å². The van der Waals surface area contributed by atoms with Crippen LogP contribution in [0.1, 0.15) is 20.3 Å². The van der Waals surface area contributed by atoms with E-state index in [9.17, 15) is 19.5 Å². The largest absolute Gasteiger partial charge is 0.484 e. The van der Waals surface area contributed by atoms with Crippen molar-refractivity contribution in [2.75, 3.05) is 38.2 Å². The van der Waals surface area contributed by atoms with Crippen LogP contribution in [-0.2, 0) is 19.1 Å². The number of carbonyl (C=O) groups is 3. The Morgan fingerprint density at radius 1 is 1.16 bits per heavy atom. The van der Waals surface area contributed by atoms with Gasteiger partial charge in [-0.25, -0.2) is 0 Å². The van der Waals surface area contributed by atoms with Crippen molar-refractivity contribution in [3.63, 3.8) is 0 Å². The third-order valence-electron chi connectivity index (χ3n) is 5.81. The summed E-state index contributed by atoms with van der Waals surface area (Å²) in [7, 11) is 0. The van der Waals surface area contributed by atoms with Gasteiger partial charge in [0.1, 0.15) is 5.75 Å². The van der Waals surface area contributed by atoms with Crippen molar-refractivity contribution in [3.05, 3.63) is 42.5 Å². The minimum atomic E-state index is -1.04. The highest BCUT2D eigenvalue weighted by molar-refractivity contribution is 7.99. The van der Waals surface area contributed by atoms with E-state index in [1.807, 2.05) is 44.2 Å². The maximum atomic E-state index is 12.8. The molecule has 2 aromatic carbocycles. The molecule has 0 spiro atoms. The number of ether oxygens (including phenoxy) is 2. The molecule has 0 bridgehead atoms. The summed E-state index contributed by atoms with van der Waals surface area (Å²) in [5.41, 5.74) is 1.91. The van der Waals surface area contributed by atoms with Crippen molar-refractivity contribution < 1.29 is 29.0 Å². The third-order valence-corrected chi connectivity index (χ3v) is 6.97. The molecule has 10 nitrogen and oxygen atoms in total. The molecule has 1 unspecified atom stereocenters. The van der Waals surface area contributed by atoms with Crippen molar-refractivity contribution in [1.29, 1.82) is 0 Å². The third kappa shape index (κ3) is 7.37. The van der Waals surface area contributed by atoms with Gasteiger partial charge in [0.2, 0.25) is 11.8 Å². The number of amides is 3. The minimum Gasteiger partial charge on any atom is -0.484 e. The molecule has 0 aromatic heterocycles. The van der Waals surface area contributed by atoms with Crippen LogP contribution in [0, 0.1) is 5.92 Å². The number of benzene rings is 2. The van der Waals surface area contributed by atoms with E-state index in [0.29, 0.717) is 25.3 Å². The smallest absolute Gasteiger partial charge is 0.258 e. The van der Waals surface area contributed by atoms with Gasteiger partial charge in [-0.2, -0.15) is 0 Å². The fourth-order valence-electron chi connectivity index (χ4n) is 4.03. The lowest BCUT2D eigenvalue weighted by atomic mass is 10.2. The normalized spacial score (nSPS) is 17.8. The molecule has 4 N–H and O–H groups in total. The number of aliphatic hydroxyl groups is 1. The highest BCUT2D eigenvalue weighted by Crippen LogP contribution is 2.44. The summed E-state index contributed by atoms with van der Waals surface area (Å²) in [6.45, 7) is 3.91. The first-order valence-electron chi connectivity index (χ1n) is 12.2. The molecule has 11 heteroatoms. The zero-order chi connectivity index (χ0) is 26.4. The Morgan fingerprint density at radius 3 is 2.70 bits per heavy atom. The van der Waals surface area contributed by atoms with Gasteiger partial charge in [0.05, 0.1) is 37.1 Å². The molecule has 2 aromatic rings. The SMILES string of the molecule is CC(C)CN(CC(=O)N[C@H]1CCOC1O)C(=O)CNC(=O)COc1ccc2c(c1)Nc1ccccc1S2. The first-order chi connectivity index (χ1) is 17.8. The molecular weight excluding hydrogens is 496 g/mol. The average Bonchev–Trinajstić information content (AvgIpc) is 3.27. The number of nitrogens with zero attached hydrogens (tertiary/aromatic N) is 1. The lowest BCUT2D eigenvalue weighted by Crippen LogP contribution is -2.49. The predicted molar refractivity (Wildman–Crippen MR) is 139 cm³/mol. The zero-order valence-corrected chi connectivity index (χ0v) is 21.7. The Bertz CT molecular complexity index is 1140. The quantitative estimate of drug-likeness (QED) is 0.315.